The topological polar surface area (TPSA) is 456 Å². The van der Waals surface area contributed by atoms with Crippen LogP contribution in [-0.4, -0.2) is 150 Å². The zero-order valence-corrected chi connectivity index (χ0v) is 71.9. The Morgan fingerprint density at radius 3 is 0.920 bits per heavy atom. The molecule has 6 aliphatic rings. The van der Waals surface area contributed by atoms with Crippen molar-refractivity contribution in [1.29, 1.82) is 0 Å². The molecule has 0 unspecified atom stereocenters. The Morgan fingerprint density at radius 2 is 0.681 bits per heavy atom. The summed E-state index contributed by atoms with van der Waals surface area (Å²) in [6, 6.07) is 0. The molecule has 6 aliphatic carbocycles. The van der Waals surface area contributed by atoms with Crippen LogP contribution in [0.5, 0.6) is 0 Å². The zero-order chi connectivity index (χ0) is 86.1. The fourth-order valence-corrected chi connectivity index (χ4v) is 17.0. The summed E-state index contributed by atoms with van der Waals surface area (Å²) in [7, 11) is 0. The van der Waals surface area contributed by atoms with E-state index in [1.165, 1.54) is 0 Å². The second-order valence-electron chi connectivity index (χ2n) is 36.1. The van der Waals surface area contributed by atoms with E-state index < -0.39 is 46.6 Å². The van der Waals surface area contributed by atoms with E-state index in [4.69, 9.17) is 52.1 Å². The monoisotopic (exact) mass is 1670 g/mol. The number of carbonyl (C=O) groups is 11. The average molecular weight is 1670 g/mol. The summed E-state index contributed by atoms with van der Waals surface area (Å²) in [5, 5.41) is 64.1. The fraction of sp³-hybridized carbons (Fsp3) is 0.802. The molecule has 0 saturated heterocycles. The van der Waals surface area contributed by atoms with E-state index in [9.17, 15) is 68.1 Å². The maximum Gasteiger partial charge on any atom is 0.306 e. The third kappa shape index (κ3) is 50.3. The number of alkyl halides is 1. The molecule has 6 fully saturated rings. The van der Waals surface area contributed by atoms with E-state index in [0.29, 0.717) is 105 Å². The zero-order valence-electron chi connectivity index (χ0n) is 70.3. The molecule has 0 aromatic carbocycles. The Kier molecular flexibility index (Phi) is 52.7. The van der Waals surface area contributed by atoms with E-state index in [1.54, 1.807) is 0 Å². The number of esters is 3. The Labute approximate surface area is 683 Å². The number of halogens is 1. The van der Waals surface area contributed by atoms with Crippen LogP contribution in [0.1, 0.15) is 326 Å². The molecule has 0 heterocycles. The number of ether oxygens (including phenoxy) is 3. The molecule has 652 valence electrons. The number of Topliss-reactive ketones (excluding diaryl/α,β-unsaturated/α-hetero) is 1. The van der Waals surface area contributed by atoms with Gasteiger partial charge in [0.1, 0.15) is 28.9 Å². The lowest BCUT2D eigenvalue weighted by Gasteiger charge is -2.39. The molecule has 0 aromatic heterocycles. The number of rotatable bonds is 35. The van der Waals surface area contributed by atoms with Crippen LogP contribution in [0, 0.1) is 62.6 Å². The van der Waals surface area contributed by atoms with Crippen LogP contribution in [0.15, 0.2) is 38.0 Å². The summed E-state index contributed by atoms with van der Waals surface area (Å²) in [6.45, 7) is 30.1. The van der Waals surface area contributed by atoms with Gasteiger partial charge in [0.15, 0.2) is 0 Å². The SMILES string of the molecule is C=CCC1CCC(=O)CC1.C=CCC1CCC(CCC(=O)OC(C)(C)C)(CC(=O)O)CC1.C=CCC1CCC(CN)(CC(=O)O)CC1.CC(C)(C)OC(=O)CCC1(CC(=O)O)CCC(CC=O)CC1.CC(C)(C)OC(=O)CCC1(CC(=O)O)CCC(CCN)CC1.NCC1(CC(=O)O)CCC(CCNC(=O)CBr)CC1.OOO. The van der Waals surface area contributed by atoms with Gasteiger partial charge in [-0.1, -0.05) is 39.2 Å². The summed E-state index contributed by atoms with van der Waals surface area (Å²) in [4.78, 5) is 123. The van der Waals surface area contributed by atoms with Gasteiger partial charge in [0.25, 0.3) is 0 Å². The predicted molar refractivity (Wildman–Crippen MR) is 440 cm³/mol. The number of carboxylic acids is 5. The predicted octanol–water partition coefficient (Wildman–Crippen LogP) is 16.7. The molecule has 0 aromatic rings. The number of carboxylic acid groups (broad SMARTS) is 5. The van der Waals surface area contributed by atoms with Crippen LogP contribution in [0.4, 0.5) is 0 Å². The minimum Gasteiger partial charge on any atom is -0.481 e. The quantitative estimate of drug-likeness (QED) is 0.00534. The standard InChI is InChI=1S/C18H30O4.C17H31NO4.C17H28O5.C13H23BrN2O3.C12H21NO2.C9H14O.H2O3/c1-5-6-14-7-10-18(11-8-14,13-15(19)20)12-9-16(21)22-17(2,3)4;2*1-16(2,3)22-15(21)6-10-17(12-14(19)20)8-4-13(5-9-17)7-11-18;14-8-11(17)16-6-3-10-1-4-13(9-15,5-2-10)7-12(18)19;1-2-3-10-4-6-12(9-13,7-5-10)8-11(14)15;1-2-3-8-4-6-9(10)7-5-8;1-3-2/h5,14H,1,6-13H2,2-4H3,(H,19,20);13H,4-12,18H2,1-3H3,(H,19,20);11,13H,4-10,12H2,1-3H3,(H,19,20);10H,1-9,15H2,(H,16,17)(H,18,19);2,10H,1,3-9,13H2,(H,14,15);2,8H,1,3-7H2;1-2H. The van der Waals surface area contributed by atoms with Crippen LogP contribution >= 0.6 is 15.9 Å². The molecule has 113 heavy (non-hydrogen) atoms. The Bertz CT molecular complexity index is 2760. The summed E-state index contributed by atoms with van der Waals surface area (Å²) in [5.74, 6) is -0.537. The van der Waals surface area contributed by atoms with Crippen molar-refractivity contribution in [1.82, 2.24) is 5.32 Å². The Morgan fingerprint density at radius 1 is 0.434 bits per heavy atom. The first-order valence-corrected chi connectivity index (χ1v) is 42.4. The summed E-state index contributed by atoms with van der Waals surface area (Å²) in [6.07, 6.45) is 38.3. The first-order chi connectivity index (χ1) is 52.8. The first-order valence-electron chi connectivity index (χ1n) is 41.2. The lowest BCUT2D eigenvalue weighted by atomic mass is 9.66. The molecule has 6 saturated carbocycles. The smallest absolute Gasteiger partial charge is 0.306 e. The number of hydrogen-bond donors (Lipinski definition) is 11. The van der Waals surface area contributed by atoms with Crippen molar-refractivity contribution in [2.24, 2.45) is 79.8 Å². The van der Waals surface area contributed by atoms with Crippen molar-refractivity contribution in [3.05, 3.63) is 38.0 Å². The van der Waals surface area contributed by atoms with Crippen molar-refractivity contribution in [3.8, 4) is 0 Å². The number of aliphatic carboxylic acids is 5. The van der Waals surface area contributed by atoms with Gasteiger partial charge in [-0.05, 0) is 337 Å². The number of carbonyl (C=O) groups excluding carboxylic acids is 6. The van der Waals surface area contributed by atoms with Gasteiger partial charge in [0, 0.05) is 45.1 Å². The maximum atomic E-state index is 11.9. The highest BCUT2D eigenvalue weighted by molar-refractivity contribution is 9.09. The highest BCUT2D eigenvalue weighted by Gasteiger charge is 2.42. The summed E-state index contributed by atoms with van der Waals surface area (Å²) in [5.41, 5.74) is 14.4. The molecule has 1 amide bonds. The number of allylic oxidation sites excluding steroid dienone is 3. The van der Waals surface area contributed by atoms with Crippen molar-refractivity contribution in [3.63, 3.8) is 0 Å². The summed E-state index contributed by atoms with van der Waals surface area (Å²) >= 11 is 3.11. The molecule has 14 N–H and O–H groups in total. The van der Waals surface area contributed by atoms with Crippen molar-refractivity contribution < 1.29 is 108 Å². The van der Waals surface area contributed by atoms with Crippen LogP contribution in [0.3, 0.4) is 0 Å². The minimum absolute atomic E-state index is 0.0120. The Balaban J connectivity index is 0.00000134. The Hall–Kier alpha value is -5.97. The number of aldehydes is 1. The molecule has 0 radical (unpaired) electrons. The fourth-order valence-electron chi connectivity index (χ4n) is 16.8. The second-order valence-corrected chi connectivity index (χ2v) is 36.7. The molecule has 0 aliphatic heterocycles. The van der Waals surface area contributed by atoms with Crippen LogP contribution in [0.25, 0.3) is 0 Å². The van der Waals surface area contributed by atoms with E-state index in [0.717, 1.165) is 198 Å². The van der Waals surface area contributed by atoms with Gasteiger partial charge in [0.05, 0.1) is 37.4 Å². The van der Waals surface area contributed by atoms with Gasteiger partial charge >= 0.3 is 47.8 Å². The molecule has 0 atom stereocenters. The molecule has 26 nitrogen and oxygen atoms in total. The van der Waals surface area contributed by atoms with Gasteiger partial charge in [-0.3, -0.25) is 47.9 Å². The van der Waals surface area contributed by atoms with Crippen molar-refractivity contribution in [2.45, 2.75) is 342 Å². The van der Waals surface area contributed by atoms with Gasteiger partial charge in [-0.2, -0.15) is 0 Å². The molecule has 27 heteroatoms. The number of hydrogen-bond acceptors (Lipinski definition) is 20. The number of ketones is 1. The molecule has 0 bridgehead atoms. The number of nitrogens with two attached hydrogens (primary N) is 3. The summed E-state index contributed by atoms with van der Waals surface area (Å²) < 4.78 is 16.0. The molecule has 6 rings (SSSR count). The van der Waals surface area contributed by atoms with Crippen LogP contribution < -0.4 is 22.5 Å². The maximum absolute atomic E-state index is 11.9. The molecular weight excluding hydrogens is 1520 g/mol. The normalized spacial score (nSPS) is 25.6. The third-order valence-electron chi connectivity index (χ3n) is 23.3. The van der Waals surface area contributed by atoms with Crippen LogP contribution in [-0.2, 0) is 72.0 Å². The average Bonchev–Trinajstić information content (AvgIpc) is 0.849. The van der Waals surface area contributed by atoms with E-state index in [2.05, 4.69) is 46.0 Å². The highest BCUT2D eigenvalue weighted by atomic mass is 79.9. The first kappa shape index (κ1) is 107. The van der Waals surface area contributed by atoms with Gasteiger partial charge < -0.3 is 67.1 Å². The molecule has 0 spiro atoms. The molecular formula is C86H149BrN4O22. The largest absolute Gasteiger partial charge is 0.481 e. The number of amides is 1. The minimum atomic E-state index is -0.821. The lowest BCUT2D eigenvalue weighted by molar-refractivity contribution is -0.465. The van der Waals surface area contributed by atoms with Crippen molar-refractivity contribution in [2.75, 3.05) is 31.5 Å². The van der Waals surface area contributed by atoms with Gasteiger partial charge in [0.2, 0.25) is 5.91 Å². The van der Waals surface area contributed by atoms with Gasteiger partial charge in [-0.25, -0.2) is 10.5 Å². The van der Waals surface area contributed by atoms with Crippen molar-refractivity contribution >= 4 is 81.7 Å². The van der Waals surface area contributed by atoms with E-state index in [1.807, 2.05) is 80.5 Å². The highest BCUT2D eigenvalue weighted by Crippen LogP contribution is 2.50. The third-order valence-corrected chi connectivity index (χ3v) is 23.8. The van der Waals surface area contributed by atoms with Crippen LogP contribution in [0.2, 0.25) is 0 Å². The van der Waals surface area contributed by atoms with E-state index in [-0.39, 0.29) is 89.4 Å². The van der Waals surface area contributed by atoms with Gasteiger partial charge in [-0.15, -0.1) is 19.7 Å². The van der Waals surface area contributed by atoms with E-state index >= 15 is 0 Å². The number of nitrogens with one attached hydrogen (secondary N) is 1. The second kappa shape index (κ2) is 55.6. The lowest BCUT2D eigenvalue weighted by Crippen LogP contribution is -2.37.